The molecule has 1 amide bonds. The Morgan fingerprint density at radius 2 is 1.83 bits per heavy atom. The molecular formula is C14H26N2O2. The first-order valence-corrected chi connectivity index (χ1v) is 6.39. The van der Waals surface area contributed by atoms with E-state index in [0.717, 1.165) is 5.70 Å². The second-order valence-electron chi connectivity index (χ2n) is 7.37. The van der Waals surface area contributed by atoms with Gasteiger partial charge in [-0.1, -0.05) is 20.8 Å². The zero-order valence-electron chi connectivity index (χ0n) is 12.6. The van der Waals surface area contributed by atoms with Gasteiger partial charge in [-0.2, -0.15) is 5.06 Å². The summed E-state index contributed by atoms with van der Waals surface area (Å²) in [4.78, 5) is 12.0. The first-order valence-electron chi connectivity index (χ1n) is 6.39. The molecule has 0 atom stereocenters. The van der Waals surface area contributed by atoms with E-state index in [1.165, 1.54) is 5.06 Å². The molecule has 0 aromatic rings. The summed E-state index contributed by atoms with van der Waals surface area (Å²) in [6.07, 6.45) is 2.37. The Morgan fingerprint density at radius 3 is 2.17 bits per heavy atom. The highest BCUT2D eigenvalue weighted by atomic mass is 16.5. The molecule has 2 N–H and O–H groups in total. The quantitative estimate of drug-likeness (QED) is 0.796. The van der Waals surface area contributed by atoms with Crippen molar-refractivity contribution < 1.29 is 10.0 Å². The van der Waals surface area contributed by atoms with Crippen molar-refractivity contribution in [3.63, 3.8) is 0 Å². The van der Waals surface area contributed by atoms with Gasteiger partial charge in [-0.3, -0.25) is 4.79 Å². The Balaban J connectivity index is 2.82. The van der Waals surface area contributed by atoms with Gasteiger partial charge in [0.1, 0.15) is 0 Å². The molecular weight excluding hydrogens is 228 g/mol. The van der Waals surface area contributed by atoms with Crippen LogP contribution in [0.3, 0.4) is 0 Å². The molecule has 0 spiro atoms. The molecule has 0 saturated heterocycles. The Labute approximate surface area is 110 Å². The van der Waals surface area contributed by atoms with Crippen molar-refractivity contribution in [2.45, 2.75) is 66.0 Å². The lowest BCUT2D eigenvalue weighted by atomic mass is 9.91. The second-order valence-corrected chi connectivity index (χ2v) is 7.37. The molecule has 0 aromatic heterocycles. The number of hydrogen-bond donors (Lipinski definition) is 2. The van der Waals surface area contributed by atoms with E-state index >= 15 is 0 Å². The maximum Gasteiger partial charge on any atom is 0.224 e. The van der Waals surface area contributed by atoms with E-state index in [-0.39, 0.29) is 11.3 Å². The predicted octanol–water partition coefficient (Wildman–Crippen LogP) is 2.68. The first kappa shape index (κ1) is 15.2. The number of amides is 1. The number of nitrogens with zero attached hydrogens (tertiary/aromatic N) is 1. The van der Waals surface area contributed by atoms with Gasteiger partial charge >= 0.3 is 0 Å². The monoisotopic (exact) mass is 254 g/mol. The molecule has 0 bridgehead atoms. The molecule has 1 aliphatic rings. The lowest BCUT2D eigenvalue weighted by Gasteiger charge is -2.36. The minimum absolute atomic E-state index is 0.00655. The number of rotatable bonds is 2. The smallest absolute Gasteiger partial charge is 0.224 e. The molecule has 0 fully saturated rings. The fraction of sp³-hybridized carbons (Fsp3) is 0.786. The molecule has 1 rings (SSSR count). The Bertz CT molecular complexity index is 376. The van der Waals surface area contributed by atoms with Crippen LogP contribution in [-0.2, 0) is 4.79 Å². The van der Waals surface area contributed by atoms with Crippen LogP contribution in [0, 0.1) is 5.41 Å². The number of carbonyl (C=O) groups is 1. The lowest BCUT2D eigenvalue weighted by Crippen LogP contribution is -2.50. The summed E-state index contributed by atoms with van der Waals surface area (Å²) in [6, 6.07) is 0. The third kappa shape index (κ3) is 3.12. The van der Waals surface area contributed by atoms with Crippen molar-refractivity contribution >= 4 is 5.91 Å². The minimum Gasteiger partial charge on any atom is -0.328 e. The molecule has 4 nitrogen and oxygen atoms in total. The Morgan fingerprint density at radius 1 is 1.33 bits per heavy atom. The summed E-state index contributed by atoms with van der Waals surface area (Å²) < 4.78 is 0. The SMILES string of the molecule is CC(C)(C)CC(=O)NC1=CC(C)(C)N(O)C1(C)C. The van der Waals surface area contributed by atoms with Crippen LogP contribution >= 0.6 is 0 Å². The van der Waals surface area contributed by atoms with E-state index in [4.69, 9.17) is 0 Å². The van der Waals surface area contributed by atoms with E-state index in [2.05, 4.69) is 5.32 Å². The van der Waals surface area contributed by atoms with Crippen molar-refractivity contribution in [3.8, 4) is 0 Å². The predicted molar refractivity (Wildman–Crippen MR) is 72.1 cm³/mol. The van der Waals surface area contributed by atoms with Gasteiger partial charge in [0.25, 0.3) is 0 Å². The van der Waals surface area contributed by atoms with Gasteiger partial charge in [-0.05, 0) is 39.2 Å². The summed E-state index contributed by atoms with van der Waals surface area (Å²) in [7, 11) is 0. The molecule has 0 unspecified atom stereocenters. The molecule has 1 aliphatic heterocycles. The summed E-state index contributed by atoms with van der Waals surface area (Å²) >= 11 is 0. The fourth-order valence-corrected chi connectivity index (χ4v) is 2.29. The van der Waals surface area contributed by atoms with Gasteiger partial charge in [0, 0.05) is 12.1 Å². The van der Waals surface area contributed by atoms with Gasteiger partial charge in [-0.15, -0.1) is 0 Å². The fourth-order valence-electron chi connectivity index (χ4n) is 2.29. The van der Waals surface area contributed by atoms with Crippen molar-refractivity contribution in [2.24, 2.45) is 5.41 Å². The van der Waals surface area contributed by atoms with Crippen LogP contribution < -0.4 is 5.32 Å². The number of hydroxylamine groups is 2. The lowest BCUT2D eigenvalue weighted by molar-refractivity contribution is -0.186. The molecule has 0 saturated carbocycles. The summed E-state index contributed by atoms with van der Waals surface area (Å²) in [5, 5.41) is 14.3. The maximum atomic E-state index is 12.0. The zero-order chi connectivity index (χ0) is 14.4. The van der Waals surface area contributed by atoms with Crippen LogP contribution in [0.5, 0.6) is 0 Å². The van der Waals surface area contributed by atoms with Crippen molar-refractivity contribution in [1.82, 2.24) is 10.4 Å². The standard InChI is InChI=1S/C14H26N2O2/c1-12(2,3)9-11(17)15-10-8-13(4,5)16(18)14(10,6)7/h8,18H,9H2,1-7H3,(H,15,17). The second kappa shape index (κ2) is 4.35. The van der Waals surface area contributed by atoms with Crippen LogP contribution in [0.2, 0.25) is 0 Å². The molecule has 1 heterocycles. The van der Waals surface area contributed by atoms with Crippen molar-refractivity contribution in [3.05, 3.63) is 11.8 Å². The molecule has 18 heavy (non-hydrogen) atoms. The molecule has 4 heteroatoms. The average Bonchev–Trinajstić information content (AvgIpc) is 2.24. The Hall–Kier alpha value is -0.870. The van der Waals surface area contributed by atoms with Gasteiger partial charge in [0.05, 0.1) is 11.1 Å². The summed E-state index contributed by atoms with van der Waals surface area (Å²) in [5.41, 5.74) is -0.309. The van der Waals surface area contributed by atoms with Gasteiger partial charge in [-0.25, -0.2) is 0 Å². The number of nitrogens with one attached hydrogen (secondary N) is 1. The van der Waals surface area contributed by atoms with E-state index in [1.807, 2.05) is 54.5 Å². The van der Waals surface area contributed by atoms with Crippen molar-refractivity contribution in [1.29, 1.82) is 0 Å². The minimum atomic E-state index is -0.572. The first-order chi connectivity index (χ1) is 7.86. The molecule has 0 radical (unpaired) electrons. The van der Waals surface area contributed by atoms with E-state index in [9.17, 15) is 10.0 Å². The van der Waals surface area contributed by atoms with Gasteiger partial charge in [0.2, 0.25) is 5.91 Å². The summed E-state index contributed by atoms with van der Waals surface area (Å²) in [6.45, 7) is 13.7. The highest BCUT2D eigenvalue weighted by Crippen LogP contribution is 2.37. The topological polar surface area (TPSA) is 52.6 Å². The van der Waals surface area contributed by atoms with Gasteiger partial charge in [0.15, 0.2) is 0 Å². The van der Waals surface area contributed by atoms with Crippen LogP contribution in [-0.4, -0.2) is 27.3 Å². The maximum absolute atomic E-state index is 12.0. The number of hydrogen-bond acceptors (Lipinski definition) is 3. The van der Waals surface area contributed by atoms with E-state index in [0.29, 0.717) is 6.42 Å². The molecule has 104 valence electrons. The normalized spacial score (nSPS) is 22.8. The Kier molecular flexibility index (Phi) is 3.67. The number of carbonyl (C=O) groups excluding carboxylic acids is 1. The largest absolute Gasteiger partial charge is 0.328 e. The van der Waals surface area contributed by atoms with Crippen LogP contribution in [0.1, 0.15) is 54.9 Å². The summed E-state index contributed by atoms with van der Waals surface area (Å²) in [5.74, 6) is -0.00655. The van der Waals surface area contributed by atoms with Crippen molar-refractivity contribution in [2.75, 3.05) is 0 Å². The molecule has 0 aliphatic carbocycles. The van der Waals surface area contributed by atoms with E-state index in [1.54, 1.807) is 0 Å². The van der Waals surface area contributed by atoms with Crippen LogP contribution in [0.25, 0.3) is 0 Å². The zero-order valence-corrected chi connectivity index (χ0v) is 12.6. The average molecular weight is 254 g/mol. The van der Waals surface area contributed by atoms with E-state index < -0.39 is 11.1 Å². The highest BCUT2D eigenvalue weighted by molar-refractivity contribution is 5.79. The van der Waals surface area contributed by atoms with Gasteiger partial charge < -0.3 is 10.5 Å². The third-order valence-corrected chi connectivity index (χ3v) is 3.20. The third-order valence-electron chi connectivity index (χ3n) is 3.20. The van der Waals surface area contributed by atoms with Crippen LogP contribution in [0.4, 0.5) is 0 Å². The molecule has 0 aromatic carbocycles. The highest BCUT2D eigenvalue weighted by Gasteiger charge is 2.45. The van der Waals surface area contributed by atoms with Crippen LogP contribution in [0.15, 0.2) is 11.8 Å².